The van der Waals surface area contributed by atoms with E-state index >= 15 is 0 Å². The minimum Gasteiger partial charge on any atom is -0.493 e. The first-order valence-corrected chi connectivity index (χ1v) is 9.53. The SMILES string of the molecule is COc1c([C@H]2C(OC(=O)c3ccc([N+](=O)[O-])cc3)O[C@@](C)(C(F)(F)F)[C@H]2C)ccc(F)c1F. The molecule has 1 aliphatic heterocycles. The molecule has 1 saturated heterocycles. The predicted molar refractivity (Wildman–Crippen MR) is 103 cm³/mol. The number of nitro benzene ring substituents is 1. The summed E-state index contributed by atoms with van der Waals surface area (Å²) in [6.07, 6.45) is -6.75. The number of methoxy groups -OCH3 is 1. The number of benzene rings is 2. The van der Waals surface area contributed by atoms with Gasteiger partial charge in [0.1, 0.15) is 0 Å². The Hall–Kier alpha value is -3.28. The summed E-state index contributed by atoms with van der Waals surface area (Å²) in [5.74, 6) is -7.25. The number of alkyl halides is 3. The lowest BCUT2D eigenvalue weighted by Gasteiger charge is -2.31. The third-order valence-electron chi connectivity index (χ3n) is 5.81. The van der Waals surface area contributed by atoms with Crippen LogP contribution in [0.25, 0.3) is 0 Å². The molecule has 7 nitrogen and oxygen atoms in total. The summed E-state index contributed by atoms with van der Waals surface area (Å²) in [6.45, 7) is 1.94. The van der Waals surface area contributed by atoms with Gasteiger partial charge in [-0.15, -0.1) is 0 Å². The topological polar surface area (TPSA) is 87.9 Å². The van der Waals surface area contributed by atoms with E-state index in [2.05, 4.69) is 0 Å². The van der Waals surface area contributed by atoms with Gasteiger partial charge in [0.05, 0.1) is 23.5 Å². The van der Waals surface area contributed by atoms with Gasteiger partial charge in [-0.1, -0.05) is 13.0 Å². The maximum Gasteiger partial charge on any atom is 0.417 e. The molecule has 1 unspecified atom stereocenters. The van der Waals surface area contributed by atoms with E-state index in [-0.39, 0.29) is 16.8 Å². The van der Waals surface area contributed by atoms with Crippen molar-refractivity contribution in [1.82, 2.24) is 0 Å². The molecule has 0 spiro atoms. The van der Waals surface area contributed by atoms with Crippen LogP contribution in [0.4, 0.5) is 27.6 Å². The molecule has 0 radical (unpaired) electrons. The number of carbonyl (C=O) groups is 1. The highest BCUT2D eigenvalue weighted by Gasteiger charge is 2.65. The Morgan fingerprint density at radius 3 is 2.27 bits per heavy atom. The fourth-order valence-electron chi connectivity index (χ4n) is 3.75. The maximum absolute atomic E-state index is 14.3. The van der Waals surface area contributed by atoms with Crippen molar-refractivity contribution in [2.45, 2.75) is 37.8 Å². The van der Waals surface area contributed by atoms with Crippen LogP contribution < -0.4 is 4.74 Å². The summed E-state index contributed by atoms with van der Waals surface area (Å²) in [5, 5.41) is 10.8. The number of carbonyl (C=O) groups excluding carboxylic acids is 1. The number of ether oxygens (including phenoxy) is 3. The van der Waals surface area contributed by atoms with Gasteiger partial charge >= 0.3 is 12.1 Å². The number of hydrogen-bond acceptors (Lipinski definition) is 6. The summed E-state index contributed by atoms with van der Waals surface area (Å²) in [5.41, 5.74) is -3.48. The van der Waals surface area contributed by atoms with Crippen LogP contribution in [0.3, 0.4) is 0 Å². The number of rotatable bonds is 5. The van der Waals surface area contributed by atoms with Gasteiger partial charge in [0.2, 0.25) is 12.1 Å². The first-order chi connectivity index (χ1) is 15.3. The Balaban J connectivity index is 2.03. The second-order valence-electron chi connectivity index (χ2n) is 7.60. The van der Waals surface area contributed by atoms with Crippen molar-refractivity contribution in [3.8, 4) is 5.75 Å². The van der Waals surface area contributed by atoms with Gasteiger partial charge in [-0.25, -0.2) is 9.18 Å². The van der Waals surface area contributed by atoms with Crippen molar-refractivity contribution in [2.75, 3.05) is 7.11 Å². The highest BCUT2D eigenvalue weighted by Crippen LogP contribution is 2.55. The molecule has 1 heterocycles. The molecular weight excluding hydrogens is 457 g/mol. The molecule has 4 atom stereocenters. The average molecular weight is 475 g/mol. The molecule has 1 fully saturated rings. The number of esters is 1. The molecule has 0 aromatic heterocycles. The Kier molecular flexibility index (Phi) is 6.33. The normalized spacial score (nSPS) is 25.0. The van der Waals surface area contributed by atoms with Crippen LogP contribution in [0.15, 0.2) is 36.4 Å². The van der Waals surface area contributed by atoms with E-state index in [0.29, 0.717) is 0 Å². The largest absolute Gasteiger partial charge is 0.493 e. The molecule has 2 aromatic rings. The van der Waals surface area contributed by atoms with Crippen LogP contribution >= 0.6 is 0 Å². The molecule has 0 aliphatic carbocycles. The molecule has 1 aliphatic rings. The summed E-state index contributed by atoms with van der Waals surface area (Å²) < 4.78 is 84.8. The summed E-state index contributed by atoms with van der Waals surface area (Å²) in [6, 6.07) is 5.92. The molecule has 0 bridgehead atoms. The number of nitrogens with zero attached hydrogens (tertiary/aromatic N) is 1. The second-order valence-corrected chi connectivity index (χ2v) is 7.60. The van der Waals surface area contributed by atoms with E-state index in [1.54, 1.807) is 0 Å². The molecule has 0 saturated carbocycles. The van der Waals surface area contributed by atoms with E-state index in [1.165, 1.54) is 6.92 Å². The van der Waals surface area contributed by atoms with E-state index < -0.39 is 58.2 Å². The monoisotopic (exact) mass is 475 g/mol. The first-order valence-electron chi connectivity index (χ1n) is 9.53. The van der Waals surface area contributed by atoms with Crippen molar-refractivity contribution in [3.63, 3.8) is 0 Å². The number of nitro groups is 1. The van der Waals surface area contributed by atoms with Crippen molar-refractivity contribution in [1.29, 1.82) is 0 Å². The molecule has 0 N–H and O–H groups in total. The minimum absolute atomic E-state index is 0.182. The number of hydrogen-bond donors (Lipinski definition) is 0. The first kappa shape index (κ1) is 24.4. The molecule has 0 amide bonds. The van der Waals surface area contributed by atoms with Crippen LogP contribution in [0.1, 0.15) is 35.7 Å². The lowest BCUT2D eigenvalue weighted by Crippen LogP contribution is -2.47. The lowest BCUT2D eigenvalue weighted by atomic mass is 9.79. The summed E-state index contributed by atoms with van der Waals surface area (Å²) in [4.78, 5) is 22.7. The summed E-state index contributed by atoms with van der Waals surface area (Å²) >= 11 is 0. The minimum atomic E-state index is -4.90. The van der Waals surface area contributed by atoms with E-state index in [0.717, 1.165) is 50.4 Å². The van der Waals surface area contributed by atoms with Crippen molar-refractivity contribution >= 4 is 11.7 Å². The molecular formula is C21H18F5NO6. The quantitative estimate of drug-likeness (QED) is 0.258. The fraction of sp³-hybridized carbons (Fsp3) is 0.381. The highest BCUT2D eigenvalue weighted by atomic mass is 19.4. The van der Waals surface area contributed by atoms with E-state index in [4.69, 9.17) is 14.2 Å². The Bertz CT molecular complexity index is 1070. The Labute approximate surface area is 184 Å². The van der Waals surface area contributed by atoms with Crippen LogP contribution in [0.5, 0.6) is 5.75 Å². The molecule has 178 valence electrons. The van der Waals surface area contributed by atoms with E-state index in [9.17, 15) is 36.9 Å². The molecule has 2 aromatic carbocycles. The van der Waals surface area contributed by atoms with Gasteiger partial charge in [0, 0.05) is 23.6 Å². The fourth-order valence-corrected chi connectivity index (χ4v) is 3.75. The zero-order chi connectivity index (χ0) is 24.7. The van der Waals surface area contributed by atoms with Crippen LogP contribution in [-0.2, 0) is 9.47 Å². The van der Waals surface area contributed by atoms with E-state index in [1.807, 2.05) is 0 Å². The maximum atomic E-state index is 14.3. The third kappa shape index (κ3) is 4.22. The summed E-state index contributed by atoms with van der Waals surface area (Å²) in [7, 11) is 1.02. The van der Waals surface area contributed by atoms with Crippen molar-refractivity contribution in [3.05, 3.63) is 69.3 Å². The standard InChI is InChI=1S/C21H18F5NO6/c1-10-15(13-8-9-14(22)16(23)17(13)31-3)19(33-20(10,2)21(24,25)26)32-18(28)11-4-6-12(7-5-11)27(29)30/h4-10,15,19H,1-3H3/t10-,15-,19?,20+/m0/s1. The third-order valence-corrected chi connectivity index (χ3v) is 5.81. The second kappa shape index (κ2) is 8.58. The van der Waals surface area contributed by atoms with Crippen LogP contribution in [-0.4, -0.2) is 36.1 Å². The van der Waals surface area contributed by atoms with Crippen molar-refractivity contribution < 1.29 is 45.9 Å². The average Bonchev–Trinajstić information content (AvgIpc) is 3.00. The number of non-ortho nitro benzene ring substituents is 1. The Morgan fingerprint density at radius 1 is 1.15 bits per heavy atom. The Morgan fingerprint density at radius 2 is 1.76 bits per heavy atom. The lowest BCUT2D eigenvalue weighted by molar-refractivity contribution is -0.384. The van der Waals surface area contributed by atoms with Crippen LogP contribution in [0.2, 0.25) is 0 Å². The van der Waals surface area contributed by atoms with Gasteiger partial charge in [0.15, 0.2) is 17.2 Å². The molecule has 12 heteroatoms. The zero-order valence-corrected chi connectivity index (χ0v) is 17.5. The van der Waals surface area contributed by atoms with Crippen molar-refractivity contribution in [2.24, 2.45) is 5.92 Å². The predicted octanol–water partition coefficient (Wildman–Crippen LogP) is 5.14. The van der Waals surface area contributed by atoms with Gasteiger partial charge < -0.3 is 14.2 Å². The highest BCUT2D eigenvalue weighted by molar-refractivity contribution is 5.89. The van der Waals surface area contributed by atoms with Gasteiger partial charge in [-0.05, 0) is 25.1 Å². The van der Waals surface area contributed by atoms with Crippen LogP contribution in [0, 0.1) is 27.7 Å². The molecule has 3 rings (SSSR count). The van der Waals surface area contributed by atoms with Gasteiger partial charge in [0.25, 0.3) is 5.69 Å². The van der Waals surface area contributed by atoms with Gasteiger partial charge in [-0.3, -0.25) is 10.1 Å². The number of halogens is 5. The zero-order valence-electron chi connectivity index (χ0n) is 17.5. The molecule has 33 heavy (non-hydrogen) atoms. The smallest absolute Gasteiger partial charge is 0.417 e. The van der Waals surface area contributed by atoms with Gasteiger partial charge in [-0.2, -0.15) is 17.6 Å².